The van der Waals surface area contributed by atoms with Crippen molar-refractivity contribution in [2.45, 2.75) is 136 Å². The maximum Gasteiger partial charge on any atom is 0.207 e. The standard InChI is InChI=1S/C60H62O4/c1-56(2,3)41-13-17-45-34(26-41)22-38-30-50-47-19-15-43(58(7,8)9)27-35(47)23-40-32-60(64-54(40)50)51-20-16-44(59(10,11)12)28-36(51)24-39(55(60)63)31-49-46-18-14-42(57(4,5)6)25-33(46)21-37(52(49)61)29-48(45)53(38)62/h13-28,61-62H,29-32H2,1-12H3. The van der Waals surface area contributed by atoms with Gasteiger partial charge in [0.1, 0.15) is 17.2 Å². The molecular weight excluding hydrogens is 785 g/mol. The van der Waals surface area contributed by atoms with Crippen molar-refractivity contribution in [3.63, 3.8) is 0 Å². The van der Waals surface area contributed by atoms with E-state index in [4.69, 9.17) is 4.74 Å². The van der Waals surface area contributed by atoms with Gasteiger partial charge in [-0.2, -0.15) is 0 Å². The SMILES string of the molecule is CC(C)(C)c1ccc2c(c1)C=C1Cc3c(O)c(cc4cc(C(C)(C)C)ccc34)Cc3c(O)c(cc4cc(C(C)(C)C)ccc34)Cc3c4c(cc5cc(C(C)(C)C)ccc35)CC2(O4)C1=O. The van der Waals surface area contributed by atoms with Crippen molar-refractivity contribution in [3.05, 3.63) is 163 Å². The van der Waals surface area contributed by atoms with Gasteiger partial charge < -0.3 is 14.9 Å². The molecule has 64 heavy (non-hydrogen) atoms. The van der Waals surface area contributed by atoms with Gasteiger partial charge in [0.25, 0.3) is 0 Å². The maximum absolute atomic E-state index is 15.8. The van der Waals surface area contributed by atoms with Crippen LogP contribution in [0.3, 0.4) is 0 Å². The van der Waals surface area contributed by atoms with Crippen LogP contribution in [0.1, 0.15) is 150 Å². The Morgan fingerprint density at radius 1 is 0.484 bits per heavy atom. The predicted octanol–water partition coefficient (Wildman–Crippen LogP) is 14.3. The molecule has 1 atom stereocenters. The minimum absolute atomic E-state index is 0.0716. The van der Waals surface area contributed by atoms with E-state index in [1.807, 2.05) is 0 Å². The van der Waals surface area contributed by atoms with Crippen LogP contribution in [-0.2, 0) is 57.7 Å². The summed E-state index contributed by atoms with van der Waals surface area (Å²) in [6.45, 7) is 26.7. The fourth-order valence-corrected chi connectivity index (χ4v) is 10.7. The molecule has 3 aliphatic rings. The Morgan fingerprint density at radius 3 is 1.38 bits per heavy atom. The highest BCUT2D eigenvalue weighted by Crippen LogP contribution is 2.53. The smallest absolute Gasteiger partial charge is 0.207 e. The summed E-state index contributed by atoms with van der Waals surface area (Å²) in [4.78, 5) is 15.8. The van der Waals surface area contributed by atoms with Crippen molar-refractivity contribution < 1.29 is 19.7 Å². The van der Waals surface area contributed by atoms with E-state index in [2.05, 4.69) is 180 Å². The number of hydrogen-bond acceptors (Lipinski definition) is 4. The molecule has 4 heteroatoms. The topological polar surface area (TPSA) is 66.8 Å². The highest BCUT2D eigenvalue weighted by Gasteiger charge is 2.52. The molecule has 0 saturated carbocycles. The molecule has 0 aromatic heterocycles. The summed E-state index contributed by atoms with van der Waals surface area (Å²) in [7, 11) is 0. The number of carbonyl (C=O) groups is 1. The predicted molar refractivity (Wildman–Crippen MR) is 265 cm³/mol. The van der Waals surface area contributed by atoms with Gasteiger partial charge in [0, 0.05) is 53.5 Å². The second-order valence-electron chi connectivity index (χ2n) is 23.3. The number of phenols is 2. The van der Waals surface area contributed by atoms with Crippen LogP contribution < -0.4 is 4.74 Å². The van der Waals surface area contributed by atoms with Crippen LogP contribution in [0.15, 0.2) is 96.6 Å². The molecular formula is C60H62O4. The Kier molecular flexibility index (Phi) is 9.09. The number of ketones is 1. The van der Waals surface area contributed by atoms with Gasteiger partial charge >= 0.3 is 0 Å². The van der Waals surface area contributed by atoms with E-state index in [1.165, 1.54) is 22.3 Å². The zero-order valence-electron chi connectivity index (χ0n) is 39.8. The summed E-state index contributed by atoms with van der Waals surface area (Å²) in [5.74, 6) is 1.02. The first-order valence-electron chi connectivity index (χ1n) is 23.1. The zero-order chi connectivity index (χ0) is 45.6. The minimum atomic E-state index is -1.32. The molecule has 2 heterocycles. The van der Waals surface area contributed by atoms with Crippen LogP contribution in [0.4, 0.5) is 0 Å². The normalized spacial score (nSPS) is 17.6. The molecule has 1 unspecified atom stereocenters. The lowest BCUT2D eigenvalue weighted by Crippen LogP contribution is -2.44. The number of hydrogen-bond donors (Lipinski definition) is 2. The highest BCUT2D eigenvalue weighted by atomic mass is 16.5. The number of ether oxygens (including phenoxy) is 1. The molecule has 7 aromatic rings. The van der Waals surface area contributed by atoms with E-state index < -0.39 is 5.60 Å². The van der Waals surface area contributed by atoms with Crippen LogP contribution in [0.2, 0.25) is 0 Å². The third kappa shape index (κ3) is 6.65. The fourth-order valence-electron chi connectivity index (χ4n) is 10.7. The summed E-state index contributed by atoms with van der Waals surface area (Å²) in [5.41, 5.74) is 10.5. The Morgan fingerprint density at radius 2 is 0.891 bits per heavy atom. The fraction of sp³-hybridized carbons (Fsp3) is 0.350. The van der Waals surface area contributed by atoms with Gasteiger partial charge in [-0.1, -0.05) is 156 Å². The largest absolute Gasteiger partial charge is 0.507 e. The lowest BCUT2D eigenvalue weighted by Gasteiger charge is -2.35. The second kappa shape index (κ2) is 13.8. The van der Waals surface area contributed by atoms with Gasteiger partial charge in [-0.15, -0.1) is 0 Å². The van der Waals surface area contributed by atoms with Crippen molar-refractivity contribution in [1.29, 1.82) is 0 Å². The highest BCUT2D eigenvalue weighted by molar-refractivity contribution is 6.11. The molecule has 2 aliphatic heterocycles. The second-order valence-corrected chi connectivity index (χ2v) is 23.3. The van der Waals surface area contributed by atoms with E-state index in [0.717, 1.165) is 71.4 Å². The van der Waals surface area contributed by atoms with Crippen LogP contribution in [0.5, 0.6) is 17.2 Å². The first-order chi connectivity index (χ1) is 29.9. The summed E-state index contributed by atoms with van der Waals surface area (Å²) in [6, 6.07) is 32.8. The van der Waals surface area contributed by atoms with Gasteiger partial charge in [0.2, 0.25) is 11.4 Å². The van der Waals surface area contributed by atoms with Crippen molar-refractivity contribution in [2.75, 3.05) is 0 Å². The van der Waals surface area contributed by atoms with Crippen LogP contribution >= 0.6 is 0 Å². The number of rotatable bonds is 0. The number of carbonyl (C=O) groups excluding carboxylic acids is 1. The van der Waals surface area contributed by atoms with E-state index >= 15 is 4.79 Å². The maximum atomic E-state index is 15.8. The summed E-state index contributed by atoms with van der Waals surface area (Å²) < 4.78 is 7.45. The number of phenolic OH excluding ortho intramolecular Hbond substituents is 2. The molecule has 1 aliphatic carbocycles. The van der Waals surface area contributed by atoms with Crippen LogP contribution in [0, 0.1) is 0 Å². The molecule has 10 rings (SSSR count). The Hall–Kier alpha value is -5.87. The summed E-state index contributed by atoms with van der Waals surface area (Å²) in [5, 5.41) is 31.5. The van der Waals surface area contributed by atoms with Crippen LogP contribution in [0.25, 0.3) is 38.4 Å². The number of Topliss-reactive ketones (excluding diaryl/α,β-unsaturated/α-hetero) is 1. The zero-order valence-corrected chi connectivity index (χ0v) is 39.8. The molecule has 0 saturated heterocycles. The molecule has 1 spiro atoms. The third-order valence-corrected chi connectivity index (χ3v) is 14.6. The molecule has 0 radical (unpaired) electrons. The molecule has 2 N–H and O–H groups in total. The lowest BCUT2D eigenvalue weighted by molar-refractivity contribution is -0.130. The molecule has 7 aromatic carbocycles. The monoisotopic (exact) mass is 846 g/mol. The number of aromatic hydroxyl groups is 2. The van der Waals surface area contributed by atoms with Crippen molar-refractivity contribution in [3.8, 4) is 17.2 Å². The Labute approximate surface area is 379 Å². The van der Waals surface area contributed by atoms with Crippen molar-refractivity contribution >= 4 is 44.2 Å². The third-order valence-electron chi connectivity index (χ3n) is 14.6. The molecule has 4 nitrogen and oxygen atoms in total. The van der Waals surface area contributed by atoms with Crippen molar-refractivity contribution in [2.24, 2.45) is 0 Å². The summed E-state index contributed by atoms with van der Waals surface area (Å²) >= 11 is 0. The quantitative estimate of drug-likeness (QED) is 0.160. The minimum Gasteiger partial charge on any atom is -0.507 e. The number of fused-ring (bicyclic) bond motifs is 12. The van der Waals surface area contributed by atoms with Gasteiger partial charge in [-0.25, -0.2) is 0 Å². The molecule has 7 bridgehead atoms. The van der Waals surface area contributed by atoms with Crippen molar-refractivity contribution in [1.82, 2.24) is 0 Å². The first-order valence-corrected chi connectivity index (χ1v) is 23.1. The molecule has 0 fully saturated rings. The van der Waals surface area contributed by atoms with Gasteiger partial charge in [0.05, 0.1) is 0 Å². The van der Waals surface area contributed by atoms with E-state index in [0.29, 0.717) is 36.0 Å². The average Bonchev–Trinajstić information content (AvgIpc) is 3.59. The van der Waals surface area contributed by atoms with Crippen LogP contribution in [-0.4, -0.2) is 16.0 Å². The Bertz CT molecular complexity index is 3200. The molecule has 0 amide bonds. The van der Waals surface area contributed by atoms with Gasteiger partial charge in [0.15, 0.2) is 0 Å². The summed E-state index contributed by atoms with van der Waals surface area (Å²) in [6.07, 6.45) is 3.33. The van der Waals surface area contributed by atoms with E-state index in [1.54, 1.807) is 0 Å². The Balaban J connectivity index is 1.32. The van der Waals surface area contributed by atoms with Gasteiger partial charge in [-0.3, -0.25) is 4.79 Å². The van der Waals surface area contributed by atoms with Gasteiger partial charge in [-0.05, 0) is 123 Å². The molecule has 326 valence electrons. The lowest BCUT2D eigenvalue weighted by atomic mass is 9.72. The van der Waals surface area contributed by atoms with E-state index in [-0.39, 0.29) is 45.4 Å². The average molecular weight is 847 g/mol. The first kappa shape index (κ1) is 42.1. The van der Waals surface area contributed by atoms with E-state index in [9.17, 15) is 10.2 Å². The number of benzene rings is 7.